The smallest absolute Gasteiger partial charge is 0.431 e. The van der Waals surface area contributed by atoms with Crippen molar-refractivity contribution < 1.29 is 29.2 Å². The van der Waals surface area contributed by atoms with Crippen LogP contribution in [0.15, 0.2) is 24.4 Å². The Kier molecular flexibility index (Phi) is 5.93. The monoisotopic (exact) mass is 404 g/mol. The molecule has 1 fully saturated rings. The van der Waals surface area contributed by atoms with Crippen molar-refractivity contribution in [1.29, 1.82) is 5.26 Å². The van der Waals surface area contributed by atoms with Crippen LogP contribution in [0.25, 0.3) is 5.52 Å². The molecule has 0 spiro atoms. The molecule has 1 saturated heterocycles. The standard InChI is InChI=1S/C19H24N4O6/c1-3-11(4-2)28-18(26)27-10-19(9-20)17(25)15(24)16(29-19)14-6-5-13-12(21)7-8-22-23(13)14/h5-8,11,15-17,24-25H,3-4,10,21H2,1-2H3/t15-,16-,17-,19+/m0/s1. The number of aliphatic hydroxyl groups excluding tert-OH is 2. The summed E-state index contributed by atoms with van der Waals surface area (Å²) in [6, 6.07) is 6.77. The zero-order valence-corrected chi connectivity index (χ0v) is 16.2. The number of nitriles is 1. The van der Waals surface area contributed by atoms with Gasteiger partial charge >= 0.3 is 6.16 Å². The molecule has 0 aromatic carbocycles. The summed E-state index contributed by atoms with van der Waals surface area (Å²) in [5.74, 6) is 0. The molecule has 0 bridgehead atoms. The van der Waals surface area contributed by atoms with Crippen molar-refractivity contribution in [3.8, 4) is 6.07 Å². The zero-order chi connectivity index (χ0) is 21.2. The van der Waals surface area contributed by atoms with E-state index in [1.165, 1.54) is 10.7 Å². The lowest BCUT2D eigenvalue weighted by Gasteiger charge is -2.24. The van der Waals surface area contributed by atoms with Gasteiger partial charge in [-0.3, -0.25) is 0 Å². The first-order chi connectivity index (χ1) is 13.9. The molecule has 10 heteroatoms. The van der Waals surface area contributed by atoms with Crippen LogP contribution in [0.5, 0.6) is 0 Å². The second-order valence-electron chi connectivity index (χ2n) is 6.91. The maximum Gasteiger partial charge on any atom is 0.508 e. The van der Waals surface area contributed by atoms with E-state index in [9.17, 15) is 20.3 Å². The Bertz CT molecular complexity index is 921. The highest BCUT2D eigenvalue weighted by Gasteiger charge is 2.57. The second-order valence-corrected chi connectivity index (χ2v) is 6.91. The Morgan fingerprint density at radius 1 is 1.41 bits per heavy atom. The van der Waals surface area contributed by atoms with E-state index in [0.717, 1.165) is 0 Å². The Hall–Kier alpha value is -2.87. The summed E-state index contributed by atoms with van der Waals surface area (Å²) in [4.78, 5) is 11.9. The van der Waals surface area contributed by atoms with Crippen LogP contribution in [0.3, 0.4) is 0 Å². The van der Waals surface area contributed by atoms with Crippen molar-refractivity contribution in [2.75, 3.05) is 12.3 Å². The predicted molar refractivity (Wildman–Crippen MR) is 101 cm³/mol. The number of hydrogen-bond acceptors (Lipinski definition) is 9. The van der Waals surface area contributed by atoms with Gasteiger partial charge in [0.1, 0.15) is 37.1 Å². The summed E-state index contributed by atoms with van der Waals surface area (Å²) in [5.41, 5.74) is 5.42. The van der Waals surface area contributed by atoms with Gasteiger partial charge in [0.05, 0.1) is 16.9 Å². The fourth-order valence-electron chi connectivity index (χ4n) is 3.35. The van der Waals surface area contributed by atoms with Gasteiger partial charge in [-0.25, -0.2) is 9.31 Å². The van der Waals surface area contributed by atoms with Gasteiger partial charge in [-0.15, -0.1) is 0 Å². The minimum absolute atomic E-state index is 0.308. The summed E-state index contributed by atoms with van der Waals surface area (Å²) in [5, 5.41) is 34.9. The maximum absolute atomic E-state index is 11.9. The lowest BCUT2D eigenvalue weighted by Crippen LogP contribution is -2.46. The number of aliphatic hydroxyl groups is 2. The van der Waals surface area contributed by atoms with Gasteiger partial charge in [-0.05, 0) is 31.0 Å². The number of rotatable bonds is 6. The number of nitrogen functional groups attached to an aromatic ring is 1. The maximum atomic E-state index is 11.9. The van der Waals surface area contributed by atoms with Crippen LogP contribution in [0.4, 0.5) is 10.5 Å². The van der Waals surface area contributed by atoms with Crippen LogP contribution in [0.1, 0.15) is 38.5 Å². The van der Waals surface area contributed by atoms with Crippen LogP contribution in [-0.4, -0.2) is 56.5 Å². The SMILES string of the molecule is CCC(CC)OC(=O)OC[C@@]1(C#N)O[C@@H](c2ccc3c(N)ccnn23)[C@H](O)[C@@H]1O. The van der Waals surface area contributed by atoms with E-state index in [2.05, 4.69) is 5.10 Å². The minimum atomic E-state index is -1.96. The molecule has 4 N–H and O–H groups in total. The molecule has 4 atom stereocenters. The fourth-order valence-corrected chi connectivity index (χ4v) is 3.35. The largest absolute Gasteiger partial charge is 0.508 e. The molecule has 2 aromatic rings. The summed E-state index contributed by atoms with van der Waals surface area (Å²) < 4.78 is 17.3. The summed E-state index contributed by atoms with van der Waals surface area (Å²) in [7, 11) is 0. The summed E-state index contributed by atoms with van der Waals surface area (Å²) in [6.45, 7) is 3.13. The van der Waals surface area contributed by atoms with Crippen molar-refractivity contribution in [1.82, 2.24) is 9.61 Å². The lowest BCUT2D eigenvalue weighted by atomic mass is 9.96. The van der Waals surface area contributed by atoms with E-state index in [0.29, 0.717) is 29.7 Å². The number of nitrogens with zero attached hydrogens (tertiary/aromatic N) is 3. The normalized spacial score (nSPS) is 26.6. The molecule has 1 aliphatic rings. The highest BCUT2D eigenvalue weighted by molar-refractivity contribution is 5.69. The average molecular weight is 404 g/mol. The number of ether oxygens (including phenoxy) is 3. The number of carbonyl (C=O) groups is 1. The molecule has 0 radical (unpaired) electrons. The van der Waals surface area contributed by atoms with E-state index in [1.54, 1.807) is 18.2 Å². The number of aromatic nitrogens is 2. The Labute approximate surface area is 167 Å². The number of carbonyl (C=O) groups excluding carboxylic acids is 1. The molecule has 3 rings (SSSR count). The molecular weight excluding hydrogens is 380 g/mol. The Balaban J connectivity index is 1.80. The topological polar surface area (TPSA) is 152 Å². The van der Waals surface area contributed by atoms with Gasteiger partial charge in [0.25, 0.3) is 0 Å². The number of nitrogens with two attached hydrogens (primary N) is 1. The number of fused-ring (bicyclic) bond motifs is 1. The zero-order valence-electron chi connectivity index (χ0n) is 16.2. The molecule has 1 aliphatic heterocycles. The third-order valence-corrected chi connectivity index (χ3v) is 5.12. The van der Waals surface area contributed by atoms with Gasteiger partial charge in [-0.1, -0.05) is 13.8 Å². The molecule has 3 heterocycles. The number of hydrogen-bond donors (Lipinski definition) is 3. The fraction of sp³-hybridized carbons (Fsp3) is 0.526. The van der Waals surface area contributed by atoms with Gasteiger partial charge in [-0.2, -0.15) is 10.4 Å². The van der Waals surface area contributed by atoms with Crippen LogP contribution in [-0.2, 0) is 14.2 Å². The predicted octanol–water partition coefficient (Wildman–Crippen LogP) is 1.31. The second kappa shape index (κ2) is 8.24. The summed E-state index contributed by atoms with van der Waals surface area (Å²) >= 11 is 0. The average Bonchev–Trinajstić information content (AvgIpc) is 3.26. The van der Waals surface area contributed by atoms with Crippen molar-refractivity contribution in [3.63, 3.8) is 0 Å². The van der Waals surface area contributed by atoms with Crippen LogP contribution in [0.2, 0.25) is 0 Å². The van der Waals surface area contributed by atoms with E-state index in [-0.39, 0.29) is 6.10 Å². The van der Waals surface area contributed by atoms with E-state index < -0.39 is 36.7 Å². The van der Waals surface area contributed by atoms with Crippen molar-refractivity contribution in [2.24, 2.45) is 0 Å². The molecule has 10 nitrogen and oxygen atoms in total. The van der Waals surface area contributed by atoms with Crippen LogP contribution >= 0.6 is 0 Å². The van der Waals surface area contributed by atoms with Gasteiger partial charge in [0.15, 0.2) is 0 Å². The van der Waals surface area contributed by atoms with E-state index in [1.807, 2.05) is 19.9 Å². The molecule has 29 heavy (non-hydrogen) atoms. The molecule has 0 amide bonds. The molecular formula is C19H24N4O6. The Morgan fingerprint density at radius 3 is 2.79 bits per heavy atom. The van der Waals surface area contributed by atoms with Crippen molar-refractivity contribution in [3.05, 3.63) is 30.1 Å². The first-order valence-electron chi connectivity index (χ1n) is 9.37. The van der Waals surface area contributed by atoms with Gasteiger partial charge < -0.3 is 30.2 Å². The van der Waals surface area contributed by atoms with Gasteiger partial charge in [0.2, 0.25) is 5.60 Å². The third kappa shape index (κ3) is 3.72. The molecule has 0 unspecified atom stereocenters. The van der Waals surface area contributed by atoms with Crippen molar-refractivity contribution in [2.45, 2.75) is 56.7 Å². The van der Waals surface area contributed by atoms with E-state index in [4.69, 9.17) is 19.9 Å². The van der Waals surface area contributed by atoms with E-state index >= 15 is 0 Å². The Morgan fingerprint density at radius 2 is 2.14 bits per heavy atom. The summed E-state index contributed by atoms with van der Waals surface area (Å²) in [6.07, 6.45) is -2.71. The third-order valence-electron chi connectivity index (χ3n) is 5.12. The van der Waals surface area contributed by atoms with Crippen molar-refractivity contribution >= 4 is 17.4 Å². The molecule has 0 aliphatic carbocycles. The molecule has 156 valence electrons. The first kappa shape index (κ1) is 20.9. The number of anilines is 1. The highest BCUT2D eigenvalue weighted by atomic mass is 16.7. The van der Waals surface area contributed by atoms with Crippen LogP contribution < -0.4 is 5.73 Å². The molecule has 2 aromatic heterocycles. The molecule has 0 saturated carbocycles. The quantitative estimate of drug-likeness (QED) is 0.605. The lowest BCUT2D eigenvalue weighted by molar-refractivity contribution is -0.0891. The van der Waals surface area contributed by atoms with Crippen LogP contribution in [0, 0.1) is 11.3 Å². The minimum Gasteiger partial charge on any atom is -0.431 e. The highest BCUT2D eigenvalue weighted by Crippen LogP contribution is 2.40. The first-order valence-corrected chi connectivity index (χ1v) is 9.37. The van der Waals surface area contributed by atoms with Gasteiger partial charge in [0, 0.05) is 6.20 Å².